The molecule has 110 valence electrons. The Morgan fingerprint density at radius 3 is 2.57 bits per heavy atom. The molecule has 1 aromatic heterocycles. The first-order valence-electron chi connectivity index (χ1n) is 6.98. The van der Waals surface area contributed by atoms with Crippen LogP contribution in [0.3, 0.4) is 0 Å². The van der Waals surface area contributed by atoms with Crippen molar-refractivity contribution in [3.8, 4) is 11.8 Å². The van der Waals surface area contributed by atoms with Gasteiger partial charge in [-0.1, -0.05) is 0 Å². The minimum absolute atomic E-state index is 0.0395. The van der Waals surface area contributed by atoms with Crippen LogP contribution in [-0.4, -0.2) is 27.5 Å². The van der Waals surface area contributed by atoms with E-state index < -0.39 is 0 Å². The standard InChI is InChI=1S/C16H20N4O/c1-11(10-21)19-12(2)16-9-18-20(13(16)3)15-6-4-14(8-17)5-7-15/h4-7,9,11-12,19,21H,10H2,1-3H3/t11-,12?/m1/s1. The van der Waals surface area contributed by atoms with Crippen LogP contribution in [-0.2, 0) is 0 Å². The molecule has 2 N–H and O–H groups in total. The van der Waals surface area contributed by atoms with Gasteiger partial charge in [-0.2, -0.15) is 10.4 Å². The van der Waals surface area contributed by atoms with Crippen molar-refractivity contribution < 1.29 is 5.11 Å². The largest absolute Gasteiger partial charge is 0.395 e. The van der Waals surface area contributed by atoms with Gasteiger partial charge in [0.15, 0.2) is 0 Å². The molecule has 0 aliphatic rings. The molecule has 0 saturated heterocycles. The lowest BCUT2D eigenvalue weighted by atomic mass is 10.1. The van der Waals surface area contributed by atoms with Gasteiger partial charge in [-0.05, 0) is 45.0 Å². The van der Waals surface area contributed by atoms with Crippen LogP contribution in [0, 0.1) is 18.3 Å². The Balaban J connectivity index is 2.25. The number of aliphatic hydroxyl groups is 1. The van der Waals surface area contributed by atoms with Crippen LogP contribution in [0.25, 0.3) is 5.69 Å². The summed E-state index contributed by atoms with van der Waals surface area (Å²) in [5, 5.41) is 25.7. The van der Waals surface area contributed by atoms with Crippen LogP contribution in [0.1, 0.15) is 36.7 Å². The van der Waals surface area contributed by atoms with E-state index in [4.69, 9.17) is 10.4 Å². The molecule has 0 aliphatic carbocycles. The lowest BCUT2D eigenvalue weighted by molar-refractivity contribution is 0.243. The number of hydrogen-bond acceptors (Lipinski definition) is 4. The highest BCUT2D eigenvalue weighted by atomic mass is 16.3. The van der Waals surface area contributed by atoms with E-state index in [1.165, 1.54) is 0 Å². The van der Waals surface area contributed by atoms with E-state index in [9.17, 15) is 0 Å². The number of aromatic nitrogens is 2. The van der Waals surface area contributed by atoms with Crippen molar-refractivity contribution in [3.05, 3.63) is 47.3 Å². The van der Waals surface area contributed by atoms with Crippen molar-refractivity contribution in [2.24, 2.45) is 0 Å². The van der Waals surface area contributed by atoms with Gasteiger partial charge in [-0.25, -0.2) is 4.68 Å². The average Bonchev–Trinajstić information content (AvgIpc) is 2.89. The van der Waals surface area contributed by atoms with Crippen molar-refractivity contribution in [2.45, 2.75) is 32.9 Å². The first-order chi connectivity index (χ1) is 10.1. The molecule has 1 aromatic carbocycles. The molecule has 5 heteroatoms. The van der Waals surface area contributed by atoms with Crippen molar-refractivity contribution >= 4 is 0 Å². The van der Waals surface area contributed by atoms with Crippen molar-refractivity contribution in [2.75, 3.05) is 6.61 Å². The number of hydrogen-bond donors (Lipinski definition) is 2. The fourth-order valence-corrected chi connectivity index (χ4v) is 2.35. The summed E-state index contributed by atoms with van der Waals surface area (Å²) >= 11 is 0. The summed E-state index contributed by atoms with van der Waals surface area (Å²) in [4.78, 5) is 0. The summed E-state index contributed by atoms with van der Waals surface area (Å²) in [6.07, 6.45) is 1.84. The highest BCUT2D eigenvalue weighted by Gasteiger charge is 2.15. The van der Waals surface area contributed by atoms with E-state index in [1.807, 2.05) is 36.9 Å². The number of nitrogens with one attached hydrogen (secondary N) is 1. The SMILES string of the molecule is Cc1c(C(C)N[C@H](C)CO)cnn1-c1ccc(C#N)cc1. The first kappa shape index (κ1) is 15.2. The number of aliphatic hydroxyl groups excluding tert-OH is 1. The molecular weight excluding hydrogens is 264 g/mol. The molecule has 2 rings (SSSR count). The van der Waals surface area contributed by atoms with E-state index in [0.717, 1.165) is 16.9 Å². The second-order valence-electron chi connectivity index (χ2n) is 5.23. The molecule has 0 amide bonds. The van der Waals surface area contributed by atoms with E-state index in [2.05, 4.69) is 23.4 Å². The summed E-state index contributed by atoms with van der Waals surface area (Å²) in [5.41, 5.74) is 3.71. The van der Waals surface area contributed by atoms with E-state index >= 15 is 0 Å². The Morgan fingerprint density at radius 1 is 1.33 bits per heavy atom. The summed E-state index contributed by atoms with van der Waals surface area (Å²) in [6.45, 7) is 6.12. The number of nitriles is 1. The number of benzene rings is 1. The second kappa shape index (κ2) is 6.53. The number of rotatable bonds is 5. The molecule has 0 saturated carbocycles. The Morgan fingerprint density at radius 2 is 2.00 bits per heavy atom. The molecule has 0 aliphatic heterocycles. The zero-order chi connectivity index (χ0) is 15.4. The van der Waals surface area contributed by atoms with Gasteiger partial charge in [-0.15, -0.1) is 0 Å². The molecule has 0 radical (unpaired) electrons. The zero-order valence-corrected chi connectivity index (χ0v) is 12.5. The van der Waals surface area contributed by atoms with Crippen LogP contribution in [0.5, 0.6) is 0 Å². The normalized spacial score (nSPS) is 13.7. The molecule has 5 nitrogen and oxygen atoms in total. The molecule has 1 unspecified atom stereocenters. The smallest absolute Gasteiger partial charge is 0.0991 e. The Kier molecular flexibility index (Phi) is 4.73. The molecular formula is C16H20N4O. The monoisotopic (exact) mass is 284 g/mol. The topological polar surface area (TPSA) is 73.9 Å². The predicted octanol–water partition coefficient (Wildman–Crippen LogP) is 2.08. The lowest BCUT2D eigenvalue weighted by Gasteiger charge is -2.18. The predicted molar refractivity (Wildman–Crippen MR) is 81.1 cm³/mol. The quantitative estimate of drug-likeness (QED) is 0.881. The molecule has 21 heavy (non-hydrogen) atoms. The zero-order valence-electron chi connectivity index (χ0n) is 12.5. The second-order valence-corrected chi connectivity index (χ2v) is 5.23. The van der Waals surface area contributed by atoms with Crippen LogP contribution < -0.4 is 5.32 Å². The Hall–Kier alpha value is -2.16. The molecule has 0 fully saturated rings. The maximum absolute atomic E-state index is 9.12. The van der Waals surface area contributed by atoms with Crippen LogP contribution >= 0.6 is 0 Å². The molecule has 0 spiro atoms. The summed E-state index contributed by atoms with van der Waals surface area (Å²) in [5.74, 6) is 0. The summed E-state index contributed by atoms with van der Waals surface area (Å²) in [6, 6.07) is 9.60. The Labute approximate surface area is 124 Å². The fraction of sp³-hybridized carbons (Fsp3) is 0.375. The third-order valence-corrected chi connectivity index (χ3v) is 3.56. The Bertz CT molecular complexity index is 639. The van der Waals surface area contributed by atoms with Crippen molar-refractivity contribution in [1.29, 1.82) is 5.26 Å². The third-order valence-electron chi connectivity index (χ3n) is 3.56. The van der Waals surface area contributed by atoms with Gasteiger partial charge in [0.05, 0.1) is 30.1 Å². The van der Waals surface area contributed by atoms with Gasteiger partial charge in [0, 0.05) is 23.3 Å². The van der Waals surface area contributed by atoms with Crippen LogP contribution in [0.2, 0.25) is 0 Å². The van der Waals surface area contributed by atoms with E-state index in [1.54, 1.807) is 12.1 Å². The molecule has 0 bridgehead atoms. The molecule has 2 atom stereocenters. The van der Waals surface area contributed by atoms with Crippen LogP contribution in [0.15, 0.2) is 30.5 Å². The fourth-order valence-electron chi connectivity index (χ4n) is 2.35. The minimum Gasteiger partial charge on any atom is -0.395 e. The lowest BCUT2D eigenvalue weighted by Crippen LogP contribution is -2.31. The highest BCUT2D eigenvalue weighted by Crippen LogP contribution is 2.20. The third kappa shape index (κ3) is 3.30. The van der Waals surface area contributed by atoms with Gasteiger partial charge in [0.1, 0.15) is 0 Å². The first-order valence-corrected chi connectivity index (χ1v) is 6.98. The molecule has 2 aromatic rings. The average molecular weight is 284 g/mol. The van der Waals surface area contributed by atoms with Gasteiger partial charge >= 0.3 is 0 Å². The maximum atomic E-state index is 9.12. The van der Waals surface area contributed by atoms with Crippen molar-refractivity contribution in [1.82, 2.24) is 15.1 Å². The minimum atomic E-state index is 0.0395. The van der Waals surface area contributed by atoms with Crippen LogP contribution in [0.4, 0.5) is 0 Å². The van der Waals surface area contributed by atoms with Crippen molar-refractivity contribution in [3.63, 3.8) is 0 Å². The maximum Gasteiger partial charge on any atom is 0.0991 e. The summed E-state index contributed by atoms with van der Waals surface area (Å²) in [7, 11) is 0. The number of nitrogens with zero attached hydrogens (tertiary/aromatic N) is 3. The van der Waals surface area contributed by atoms with E-state index in [0.29, 0.717) is 5.56 Å². The van der Waals surface area contributed by atoms with Gasteiger partial charge in [0.25, 0.3) is 0 Å². The summed E-state index contributed by atoms with van der Waals surface area (Å²) < 4.78 is 1.86. The molecule has 1 heterocycles. The van der Waals surface area contributed by atoms with Gasteiger partial charge in [0.2, 0.25) is 0 Å². The van der Waals surface area contributed by atoms with Gasteiger partial charge in [-0.3, -0.25) is 0 Å². The van der Waals surface area contributed by atoms with Gasteiger partial charge < -0.3 is 10.4 Å². The van der Waals surface area contributed by atoms with E-state index in [-0.39, 0.29) is 18.7 Å². The highest BCUT2D eigenvalue weighted by molar-refractivity contribution is 5.40.